The topological polar surface area (TPSA) is 80.9 Å². The molecular formula is C17H18N4O2S. The van der Waals surface area contributed by atoms with E-state index in [0.29, 0.717) is 16.8 Å². The number of unbranched alkanes of at least 4 members (excludes halogenated alkanes) is 1. The number of hydrogen-bond donors (Lipinski definition) is 1. The van der Waals surface area contributed by atoms with E-state index < -0.39 is 0 Å². The molecule has 0 fully saturated rings. The Labute approximate surface area is 144 Å². The van der Waals surface area contributed by atoms with Crippen molar-refractivity contribution in [2.24, 2.45) is 0 Å². The summed E-state index contributed by atoms with van der Waals surface area (Å²) in [7, 11) is 0. The Morgan fingerprint density at radius 1 is 1.25 bits per heavy atom. The van der Waals surface area contributed by atoms with Crippen LogP contribution in [-0.2, 0) is 6.42 Å². The summed E-state index contributed by atoms with van der Waals surface area (Å²) in [4.78, 5) is 16.7. The van der Waals surface area contributed by atoms with Crippen molar-refractivity contribution in [1.82, 2.24) is 15.2 Å². The molecule has 3 rings (SSSR count). The van der Waals surface area contributed by atoms with Gasteiger partial charge in [-0.3, -0.25) is 10.1 Å². The molecule has 2 aromatic heterocycles. The predicted octanol–water partition coefficient (Wildman–Crippen LogP) is 4.10. The van der Waals surface area contributed by atoms with Crippen molar-refractivity contribution in [3.8, 4) is 11.5 Å². The number of carbonyl (C=O) groups excluding carboxylic acids is 1. The van der Waals surface area contributed by atoms with Gasteiger partial charge in [-0.25, -0.2) is 4.98 Å². The Bertz CT molecular complexity index is 826. The standard InChI is InChI=1S/C17H18N4O2S/c1-3-4-10-13-20-21-17(24-13)19-15(22)14-11(2)23-16(18-14)12-8-6-5-7-9-12/h5-9H,3-4,10H2,1-2H3,(H,19,21,22). The van der Waals surface area contributed by atoms with Crippen molar-refractivity contribution in [1.29, 1.82) is 0 Å². The molecular weight excluding hydrogens is 324 g/mol. The molecule has 7 heteroatoms. The molecule has 0 atom stereocenters. The molecule has 2 heterocycles. The van der Waals surface area contributed by atoms with Gasteiger partial charge in [-0.05, 0) is 25.5 Å². The minimum Gasteiger partial charge on any atom is -0.441 e. The molecule has 0 unspecified atom stereocenters. The van der Waals surface area contributed by atoms with Crippen LogP contribution in [-0.4, -0.2) is 21.1 Å². The number of nitrogens with zero attached hydrogens (tertiary/aromatic N) is 3. The van der Waals surface area contributed by atoms with Gasteiger partial charge < -0.3 is 4.42 Å². The summed E-state index contributed by atoms with van der Waals surface area (Å²) in [5.41, 5.74) is 1.09. The monoisotopic (exact) mass is 342 g/mol. The fourth-order valence-electron chi connectivity index (χ4n) is 2.20. The Hall–Kier alpha value is -2.54. The Morgan fingerprint density at radius 3 is 2.79 bits per heavy atom. The average molecular weight is 342 g/mol. The van der Waals surface area contributed by atoms with E-state index in [1.807, 2.05) is 30.3 Å². The van der Waals surface area contributed by atoms with Crippen LogP contribution in [0.1, 0.15) is 41.0 Å². The summed E-state index contributed by atoms with van der Waals surface area (Å²) in [5, 5.41) is 12.2. The lowest BCUT2D eigenvalue weighted by Gasteiger charge is -1.97. The van der Waals surface area contributed by atoms with Crippen LogP contribution < -0.4 is 5.32 Å². The highest BCUT2D eigenvalue weighted by Gasteiger charge is 2.19. The SMILES string of the molecule is CCCCc1nnc(NC(=O)c2nc(-c3ccccc3)oc2C)s1. The molecule has 24 heavy (non-hydrogen) atoms. The molecule has 0 saturated carbocycles. The van der Waals surface area contributed by atoms with E-state index in [-0.39, 0.29) is 11.6 Å². The quantitative estimate of drug-likeness (QED) is 0.729. The van der Waals surface area contributed by atoms with Crippen molar-refractivity contribution < 1.29 is 9.21 Å². The van der Waals surface area contributed by atoms with Crippen LogP contribution in [0.25, 0.3) is 11.5 Å². The van der Waals surface area contributed by atoms with E-state index in [2.05, 4.69) is 27.4 Å². The molecule has 0 saturated heterocycles. The van der Waals surface area contributed by atoms with E-state index >= 15 is 0 Å². The van der Waals surface area contributed by atoms with Gasteiger partial charge in [0.1, 0.15) is 10.8 Å². The first kappa shape index (κ1) is 16.3. The molecule has 0 radical (unpaired) electrons. The second-order valence-electron chi connectivity index (χ2n) is 5.35. The molecule has 0 bridgehead atoms. The van der Waals surface area contributed by atoms with Crippen molar-refractivity contribution in [2.75, 3.05) is 5.32 Å². The number of rotatable bonds is 6. The van der Waals surface area contributed by atoms with Gasteiger partial charge in [0, 0.05) is 12.0 Å². The van der Waals surface area contributed by atoms with Crippen molar-refractivity contribution in [3.63, 3.8) is 0 Å². The van der Waals surface area contributed by atoms with Crippen LogP contribution >= 0.6 is 11.3 Å². The molecule has 1 N–H and O–H groups in total. The summed E-state index contributed by atoms with van der Waals surface area (Å²) >= 11 is 1.39. The van der Waals surface area contributed by atoms with E-state index in [1.165, 1.54) is 11.3 Å². The number of anilines is 1. The molecule has 3 aromatic rings. The highest BCUT2D eigenvalue weighted by atomic mass is 32.1. The van der Waals surface area contributed by atoms with Gasteiger partial charge in [-0.15, -0.1) is 10.2 Å². The van der Waals surface area contributed by atoms with Crippen LogP contribution in [0.2, 0.25) is 0 Å². The second-order valence-corrected chi connectivity index (χ2v) is 6.41. The Morgan fingerprint density at radius 2 is 2.04 bits per heavy atom. The van der Waals surface area contributed by atoms with E-state index in [4.69, 9.17) is 4.42 Å². The fraction of sp³-hybridized carbons (Fsp3) is 0.294. The first-order valence-electron chi connectivity index (χ1n) is 7.84. The molecule has 0 aliphatic rings. The minimum absolute atomic E-state index is 0.263. The van der Waals surface area contributed by atoms with E-state index in [0.717, 1.165) is 29.8 Å². The maximum absolute atomic E-state index is 12.4. The summed E-state index contributed by atoms with van der Waals surface area (Å²) < 4.78 is 5.61. The number of nitrogens with one attached hydrogen (secondary N) is 1. The Balaban J connectivity index is 1.73. The van der Waals surface area contributed by atoms with Crippen LogP contribution in [0, 0.1) is 6.92 Å². The van der Waals surface area contributed by atoms with Gasteiger partial charge in [0.15, 0.2) is 5.69 Å². The third-order valence-electron chi connectivity index (χ3n) is 3.46. The first-order chi connectivity index (χ1) is 11.7. The molecule has 6 nitrogen and oxygen atoms in total. The molecule has 0 spiro atoms. The molecule has 0 aliphatic heterocycles. The van der Waals surface area contributed by atoms with E-state index in [1.54, 1.807) is 6.92 Å². The van der Waals surface area contributed by atoms with Crippen LogP contribution in [0.3, 0.4) is 0 Å². The van der Waals surface area contributed by atoms with Crippen molar-refractivity contribution in [2.45, 2.75) is 33.1 Å². The third kappa shape index (κ3) is 3.68. The van der Waals surface area contributed by atoms with Gasteiger partial charge in [-0.2, -0.15) is 0 Å². The first-order valence-corrected chi connectivity index (χ1v) is 8.65. The fourth-order valence-corrected chi connectivity index (χ4v) is 2.98. The molecule has 0 aliphatic carbocycles. The number of oxazole rings is 1. The number of amides is 1. The average Bonchev–Trinajstić information content (AvgIpc) is 3.20. The minimum atomic E-state index is -0.336. The number of carbonyl (C=O) groups is 1. The zero-order chi connectivity index (χ0) is 16.9. The lowest BCUT2D eigenvalue weighted by Crippen LogP contribution is -2.13. The number of hydrogen-bond acceptors (Lipinski definition) is 6. The van der Waals surface area contributed by atoms with Crippen LogP contribution in [0.15, 0.2) is 34.7 Å². The summed E-state index contributed by atoms with van der Waals surface area (Å²) in [5.74, 6) is 0.567. The lowest BCUT2D eigenvalue weighted by molar-refractivity contribution is 0.102. The summed E-state index contributed by atoms with van der Waals surface area (Å²) in [6.07, 6.45) is 3.04. The molecule has 124 valence electrons. The van der Waals surface area contributed by atoms with Crippen LogP contribution in [0.5, 0.6) is 0 Å². The normalized spacial score (nSPS) is 10.8. The highest BCUT2D eigenvalue weighted by molar-refractivity contribution is 7.15. The van der Waals surface area contributed by atoms with E-state index in [9.17, 15) is 4.79 Å². The van der Waals surface area contributed by atoms with Gasteiger partial charge in [-0.1, -0.05) is 42.9 Å². The highest BCUT2D eigenvalue weighted by Crippen LogP contribution is 2.23. The van der Waals surface area contributed by atoms with Crippen molar-refractivity contribution >= 4 is 22.4 Å². The summed E-state index contributed by atoms with van der Waals surface area (Å²) in [6, 6.07) is 9.48. The van der Waals surface area contributed by atoms with Crippen molar-refractivity contribution in [3.05, 3.63) is 46.8 Å². The summed E-state index contributed by atoms with van der Waals surface area (Å²) in [6.45, 7) is 3.85. The smallest absolute Gasteiger partial charge is 0.279 e. The molecule has 1 aromatic carbocycles. The van der Waals surface area contributed by atoms with Gasteiger partial charge in [0.25, 0.3) is 5.91 Å². The lowest BCUT2D eigenvalue weighted by atomic mass is 10.2. The largest absolute Gasteiger partial charge is 0.441 e. The maximum atomic E-state index is 12.4. The van der Waals surface area contributed by atoms with Gasteiger partial charge in [0.2, 0.25) is 11.0 Å². The Kier molecular flexibility index (Phi) is 5.00. The maximum Gasteiger partial charge on any atom is 0.279 e. The number of aryl methyl sites for hydroxylation is 2. The second kappa shape index (κ2) is 7.35. The molecule has 1 amide bonds. The van der Waals surface area contributed by atoms with Gasteiger partial charge in [0.05, 0.1) is 0 Å². The third-order valence-corrected chi connectivity index (χ3v) is 4.36. The zero-order valence-electron chi connectivity index (χ0n) is 13.6. The number of benzene rings is 1. The number of aromatic nitrogens is 3. The zero-order valence-corrected chi connectivity index (χ0v) is 14.4. The van der Waals surface area contributed by atoms with Gasteiger partial charge >= 0.3 is 0 Å². The van der Waals surface area contributed by atoms with Crippen LogP contribution in [0.4, 0.5) is 5.13 Å². The predicted molar refractivity (Wildman–Crippen MR) is 93.2 cm³/mol.